The van der Waals surface area contributed by atoms with Crippen LogP contribution in [-0.2, 0) is 9.59 Å². The highest BCUT2D eigenvalue weighted by Gasteiger charge is 2.09. The Morgan fingerprint density at radius 2 is 1.81 bits per heavy atom. The zero-order chi connectivity index (χ0) is 19.6. The fraction of sp³-hybridized carbons (Fsp3) is 0.250. The fourth-order valence-electron chi connectivity index (χ4n) is 2.23. The summed E-state index contributed by atoms with van der Waals surface area (Å²) in [4.78, 5) is 23.8. The van der Waals surface area contributed by atoms with Crippen molar-refractivity contribution in [3.05, 3.63) is 58.6 Å². The molecule has 0 saturated carbocycles. The zero-order valence-electron chi connectivity index (χ0n) is 15.3. The lowest BCUT2D eigenvalue weighted by Crippen LogP contribution is -2.20. The monoisotopic (exact) mass is 387 g/mol. The number of ether oxygens (including phenoxy) is 1. The van der Waals surface area contributed by atoms with Gasteiger partial charge in [-0.15, -0.1) is 0 Å². The Balaban J connectivity index is 1.75. The Morgan fingerprint density at radius 1 is 1.11 bits per heavy atom. The maximum atomic E-state index is 12.0. The predicted molar refractivity (Wildman–Crippen MR) is 107 cm³/mol. The molecule has 0 saturated heterocycles. The number of hydrogen-bond acceptors (Lipinski definition) is 4. The number of hydrazone groups is 1. The van der Waals surface area contributed by atoms with E-state index in [1.54, 1.807) is 18.2 Å². The lowest BCUT2D eigenvalue weighted by atomic mass is 10.2. The molecule has 2 aromatic rings. The second kappa shape index (κ2) is 10.3. The van der Waals surface area contributed by atoms with Crippen LogP contribution in [0.1, 0.15) is 30.9 Å². The number of carbonyl (C=O) groups excluding carboxylic acids is 2. The van der Waals surface area contributed by atoms with Gasteiger partial charge in [-0.1, -0.05) is 17.7 Å². The molecule has 0 fully saturated rings. The number of nitrogens with one attached hydrogen (secondary N) is 2. The van der Waals surface area contributed by atoms with Gasteiger partial charge in [0.05, 0.1) is 12.8 Å². The number of hydrogen-bond donors (Lipinski definition) is 2. The van der Waals surface area contributed by atoms with Gasteiger partial charge in [-0.25, -0.2) is 5.43 Å². The minimum atomic E-state index is -0.338. The molecule has 2 N–H and O–H groups in total. The van der Waals surface area contributed by atoms with Crippen molar-refractivity contribution in [2.24, 2.45) is 5.10 Å². The molecule has 0 aliphatic carbocycles. The van der Waals surface area contributed by atoms with Crippen LogP contribution in [0.3, 0.4) is 0 Å². The maximum Gasteiger partial charge on any atom is 0.240 e. The highest BCUT2D eigenvalue weighted by Crippen LogP contribution is 2.23. The average Bonchev–Trinajstić information content (AvgIpc) is 2.65. The minimum Gasteiger partial charge on any atom is -0.494 e. The normalized spacial score (nSPS) is 10.6. The first-order chi connectivity index (χ1) is 13.0. The average molecular weight is 388 g/mol. The summed E-state index contributed by atoms with van der Waals surface area (Å²) in [5, 5.41) is 7.22. The van der Waals surface area contributed by atoms with E-state index in [0.29, 0.717) is 17.3 Å². The smallest absolute Gasteiger partial charge is 0.240 e. The quantitative estimate of drug-likeness (QED) is 0.532. The van der Waals surface area contributed by atoms with Crippen LogP contribution in [0.2, 0.25) is 5.02 Å². The third-order valence-corrected chi connectivity index (χ3v) is 4.12. The number of anilines is 1. The van der Waals surface area contributed by atoms with Gasteiger partial charge >= 0.3 is 0 Å². The highest BCUT2D eigenvalue weighted by atomic mass is 35.5. The molecular formula is C20H22ClN3O3. The van der Waals surface area contributed by atoms with Gasteiger partial charge in [0.2, 0.25) is 11.8 Å². The molecule has 142 valence electrons. The number of benzene rings is 2. The van der Waals surface area contributed by atoms with Crippen molar-refractivity contribution in [3.8, 4) is 5.75 Å². The molecule has 0 spiro atoms. The Labute approximate surface area is 163 Å². The van der Waals surface area contributed by atoms with Crippen LogP contribution in [0.5, 0.6) is 5.75 Å². The van der Waals surface area contributed by atoms with E-state index < -0.39 is 0 Å². The summed E-state index contributed by atoms with van der Waals surface area (Å²) in [6, 6.07) is 12.6. The van der Waals surface area contributed by atoms with Crippen LogP contribution < -0.4 is 15.5 Å². The van der Waals surface area contributed by atoms with E-state index in [9.17, 15) is 9.59 Å². The summed E-state index contributed by atoms with van der Waals surface area (Å²) in [7, 11) is 0. The lowest BCUT2D eigenvalue weighted by Gasteiger charge is -2.09. The first-order valence-corrected chi connectivity index (χ1v) is 8.97. The second-order valence-electron chi connectivity index (χ2n) is 5.76. The van der Waals surface area contributed by atoms with Crippen LogP contribution in [0, 0.1) is 6.92 Å². The topological polar surface area (TPSA) is 79.8 Å². The van der Waals surface area contributed by atoms with Gasteiger partial charge in [-0.05, 0) is 61.4 Å². The molecule has 0 radical (unpaired) electrons. The molecule has 0 unspecified atom stereocenters. The first-order valence-electron chi connectivity index (χ1n) is 8.59. The molecule has 0 aliphatic rings. The number of rotatable bonds is 8. The highest BCUT2D eigenvalue weighted by molar-refractivity contribution is 6.31. The summed E-state index contributed by atoms with van der Waals surface area (Å²) >= 11 is 6.02. The largest absolute Gasteiger partial charge is 0.494 e. The van der Waals surface area contributed by atoms with Gasteiger partial charge < -0.3 is 10.1 Å². The fourth-order valence-corrected chi connectivity index (χ4v) is 2.41. The van der Waals surface area contributed by atoms with Gasteiger partial charge in [-0.3, -0.25) is 9.59 Å². The van der Waals surface area contributed by atoms with Crippen LogP contribution in [0.4, 0.5) is 5.69 Å². The predicted octanol–water partition coefficient (Wildman–Crippen LogP) is 3.92. The van der Waals surface area contributed by atoms with Crippen molar-refractivity contribution in [1.82, 2.24) is 5.43 Å². The molecule has 0 aromatic heterocycles. The summed E-state index contributed by atoms with van der Waals surface area (Å²) in [5.41, 5.74) is 4.66. The Kier molecular flexibility index (Phi) is 7.82. The van der Waals surface area contributed by atoms with Gasteiger partial charge in [0.1, 0.15) is 5.75 Å². The first kappa shape index (κ1) is 20.5. The van der Waals surface area contributed by atoms with E-state index in [-0.39, 0.29) is 24.7 Å². The molecule has 0 aliphatic heterocycles. The number of amides is 2. The molecule has 2 amide bonds. The van der Waals surface area contributed by atoms with Crippen LogP contribution >= 0.6 is 11.6 Å². The van der Waals surface area contributed by atoms with Crippen molar-refractivity contribution < 1.29 is 14.3 Å². The van der Waals surface area contributed by atoms with Crippen LogP contribution in [0.25, 0.3) is 0 Å². The van der Waals surface area contributed by atoms with Gasteiger partial charge in [0, 0.05) is 23.6 Å². The molecule has 0 heterocycles. The van der Waals surface area contributed by atoms with E-state index in [0.717, 1.165) is 16.9 Å². The van der Waals surface area contributed by atoms with Crippen molar-refractivity contribution in [1.29, 1.82) is 0 Å². The van der Waals surface area contributed by atoms with E-state index in [2.05, 4.69) is 15.8 Å². The van der Waals surface area contributed by atoms with Crippen LogP contribution in [0.15, 0.2) is 47.6 Å². The minimum absolute atomic E-state index is 0.0338. The summed E-state index contributed by atoms with van der Waals surface area (Å²) in [6.45, 7) is 4.34. The summed E-state index contributed by atoms with van der Waals surface area (Å²) < 4.78 is 5.35. The van der Waals surface area contributed by atoms with Crippen molar-refractivity contribution >= 4 is 35.3 Å². The zero-order valence-corrected chi connectivity index (χ0v) is 16.0. The molecule has 7 heteroatoms. The lowest BCUT2D eigenvalue weighted by molar-refractivity contribution is -0.124. The molecule has 6 nitrogen and oxygen atoms in total. The second-order valence-corrected chi connectivity index (χ2v) is 6.16. The maximum absolute atomic E-state index is 12.0. The number of carbonyl (C=O) groups is 2. The van der Waals surface area contributed by atoms with E-state index in [1.807, 2.05) is 38.1 Å². The van der Waals surface area contributed by atoms with Crippen molar-refractivity contribution in [2.75, 3.05) is 11.9 Å². The molecule has 2 aromatic carbocycles. The van der Waals surface area contributed by atoms with Crippen molar-refractivity contribution in [3.63, 3.8) is 0 Å². The van der Waals surface area contributed by atoms with Gasteiger partial charge in [0.15, 0.2) is 0 Å². The van der Waals surface area contributed by atoms with E-state index >= 15 is 0 Å². The SMILES string of the molecule is CCOc1ccc(C=NNC(=O)CCC(=O)Nc2cccc(Cl)c2C)cc1. The number of halogens is 1. The Bertz CT molecular complexity index is 820. The van der Waals surface area contributed by atoms with Gasteiger partial charge in [-0.2, -0.15) is 5.10 Å². The molecule has 2 rings (SSSR count). The molecule has 27 heavy (non-hydrogen) atoms. The van der Waals surface area contributed by atoms with E-state index in [1.165, 1.54) is 6.21 Å². The van der Waals surface area contributed by atoms with Crippen molar-refractivity contribution in [2.45, 2.75) is 26.7 Å². The molecule has 0 bridgehead atoms. The summed E-state index contributed by atoms with van der Waals surface area (Å²) in [6.07, 6.45) is 1.62. The van der Waals surface area contributed by atoms with Crippen LogP contribution in [-0.4, -0.2) is 24.6 Å². The van der Waals surface area contributed by atoms with Gasteiger partial charge in [0.25, 0.3) is 0 Å². The third kappa shape index (κ3) is 6.75. The Hall–Kier alpha value is -2.86. The third-order valence-electron chi connectivity index (χ3n) is 3.71. The Morgan fingerprint density at radius 3 is 2.52 bits per heavy atom. The van der Waals surface area contributed by atoms with E-state index in [4.69, 9.17) is 16.3 Å². The standard InChI is InChI=1S/C20H22ClN3O3/c1-3-27-16-9-7-15(8-10-16)13-22-24-20(26)12-11-19(25)23-18-6-4-5-17(21)14(18)2/h4-10,13H,3,11-12H2,1-2H3,(H,23,25)(H,24,26). The molecule has 0 atom stereocenters. The molecular weight excluding hydrogens is 366 g/mol. The summed E-state index contributed by atoms with van der Waals surface area (Å²) in [5.74, 6) is 0.181. The number of nitrogens with zero attached hydrogens (tertiary/aromatic N) is 1.